The molecular weight excluding hydrogens is 568 g/mol. The van der Waals surface area contributed by atoms with Crippen LogP contribution < -0.4 is 4.74 Å². The van der Waals surface area contributed by atoms with Crippen LogP contribution in [-0.4, -0.2) is 52.3 Å². The quantitative estimate of drug-likeness (QED) is 0.212. The van der Waals surface area contributed by atoms with Crippen LogP contribution in [0.5, 0.6) is 5.75 Å². The second-order valence-corrected chi connectivity index (χ2v) is 18.2. The first-order chi connectivity index (χ1) is 20.1. The summed E-state index contributed by atoms with van der Waals surface area (Å²) in [7, 11) is -0.329. The number of nitrogens with zero attached hydrogens (tertiary/aromatic N) is 5. The Balaban J connectivity index is 1.40. The smallest absolute Gasteiger partial charge is 0.387 e. The normalized spacial score (nSPS) is 18.7. The second kappa shape index (κ2) is 9.92. The van der Waals surface area contributed by atoms with Gasteiger partial charge in [-0.15, -0.1) is 0 Å². The van der Waals surface area contributed by atoms with Crippen molar-refractivity contribution in [2.24, 2.45) is 0 Å². The van der Waals surface area contributed by atoms with Crippen LogP contribution in [0.4, 0.5) is 8.78 Å². The average molecular weight is 606 g/mol. The van der Waals surface area contributed by atoms with E-state index in [4.69, 9.17) is 24.1 Å². The van der Waals surface area contributed by atoms with Gasteiger partial charge in [-0.25, -0.2) is 15.0 Å². The summed E-state index contributed by atoms with van der Waals surface area (Å²) in [6, 6.07) is 9.98. The Kier molecular flexibility index (Phi) is 6.77. The lowest BCUT2D eigenvalue weighted by Gasteiger charge is -2.42. The number of rotatable bonds is 6. The third-order valence-electron chi connectivity index (χ3n) is 9.25. The second-order valence-electron chi connectivity index (χ2n) is 13.5. The molecule has 6 rings (SSSR count). The lowest BCUT2D eigenvalue weighted by atomic mass is 9.97. The van der Waals surface area contributed by atoms with Gasteiger partial charge in [-0.3, -0.25) is 4.79 Å². The highest BCUT2D eigenvalue weighted by atomic mass is 28.4. The van der Waals surface area contributed by atoms with E-state index in [1.165, 1.54) is 6.07 Å². The van der Waals surface area contributed by atoms with Crippen molar-refractivity contribution in [3.8, 4) is 16.9 Å². The van der Waals surface area contributed by atoms with Gasteiger partial charge in [0, 0.05) is 42.6 Å². The number of fused-ring (bicyclic) bond motifs is 9. The summed E-state index contributed by atoms with van der Waals surface area (Å²) < 4.78 is 40.5. The molecule has 2 unspecified atom stereocenters. The molecule has 0 saturated carbocycles. The molecule has 0 radical (unpaired) electrons. The summed E-state index contributed by atoms with van der Waals surface area (Å²) in [5, 5.41) is 0.0530. The summed E-state index contributed by atoms with van der Waals surface area (Å²) in [6.45, 7) is 12.1. The van der Waals surface area contributed by atoms with Crippen LogP contribution in [0, 0.1) is 0 Å². The lowest BCUT2D eigenvalue weighted by molar-refractivity contribution is -0.0507. The molecule has 0 saturated heterocycles. The van der Waals surface area contributed by atoms with Crippen molar-refractivity contribution < 1.29 is 22.7 Å². The van der Waals surface area contributed by atoms with Gasteiger partial charge >= 0.3 is 6.61 Å². The summed E-state index contributed by atoms with van der Waals surface area (Å²) in [5.41, 5.74) is 3.49. The van der Waals surface area contributed by atoms with Gasteiger partial charge in [-0.1, -0.05) is 32.9 Å². The first-order valence-electron chi connectivity index (χ1n) is 14.5. The van der Waals surface area contributed by atoms with E-state index in [0.717, 1.165) is 28.0 Å². The van der Waals surface area contributed by atoms with E-state index >= 15 is 0 Å². The van der Waals surface area contributed by atoms with Crippen molar-refractivity contribution in [1.29, 1.82) is 0 Å². The molecule has 2 aromatic heterocycles. The van der Waals surface area contributed by atoms with Crippen LogP contribution in [0.3, 0.4) is 0 Å². The molecule has 0 N–H and O–H groups in total. The number of halogens is 2. The number of carbonyl (C=O) groups is 1. The van der Waals surface area contributed by atoms with Crippen molar-refractivity contribution >= 4 is 25.3 Å². The molecule has 1 amide bonds. The molecule has 8 nitrogen and oxygen atoms in total. The average Bonchev–Trinajstić information content (AvgIpc) is 3.44. The number of carbonyl (C=O) groups excluding carboxylic acids is 1. The summed E-state index contributed by atoms with van der Waals surface area (Å²) in [5.74, 6) is 1.12. The van der Waals surface area contributed by atoms with Crippen LogP contribution >= 0.6 is 0 Å². The zero-order valence-corrected chi connectivity index (χ0v) is 26.8. The van der Waals surface area contributed by atoms with E-state index in [0.29, 0.717) is 23.4 Å². The molecule has 0 fully saturated rings. The summed E-state index contributed by atoms with van der Waals surface area (Å²) in [4.78, 5) is 29.4. The topological polar surface area (TPSA) is 82.4 Å². The van der Waals surface area contributed by atoms with Gasteiger partial charge in [0.25, 0.3) is 5.91 Å². The van der Waals surface area contributed by atoms with E-state index in [-0.39, 0.29) is 22.7 Å². The fourth-order valence-electron chi connectivity index (χ4n) is 6.08. The number of aromatic nitrogens is 4. The number of benzene rings is 2. The van der Waals surface area contributed by atoms with Gasteiger partial charge in [-0.2, -0.15) is 8.78 Å². The maximum Gasteiger partial charge on any atom is 0.387 e. The lowest BCUT2D eigenvalue weighted by Crippen LogP contribution is -2.46. The van der Waals surface area contributed by atoms with Gasteiger partial charge in [-0.05, 0) is 61.8 Å². The fourth-order valence-corrected chi connectivity index (χ4v) is 7.76. The predicted molar refractivity (Wildman–Crippen MR) is 163 cm³/mol. The molecule has 2 aliphatic rings. The van der Waals surface area contributed by atoms with Crippen LogP contribution in [0.15, 0.2) is 48.8 Å². The summed E-state index contributed by atoms with van der Waals surface area (Å²) in [6.07, 6.45) is 4.13. The number of ether oxygens (including phenoxy) is 1. The van der Waals surface area contributed by atoms with Gasteiger partial charge in [0.1, 0.15) is 17.2 Å². The third kappa shape index (κ3) is 4.82. The largest absolute Gasteiger partial charge is 0.434 e. The molecule has 43 heavy (non-hydrogen) atoms. The fraction of sp³-hybridized carbons (Fsp3) is 0.438. The van der Waals surface area contributed by atoms with Crippen LogP contribution in [0.1, 0.15) is 80.7 Å². The first kappa shape index (κ1) is 29.4. The number of hydrogen-bond acceptors (Lipinski definition) is 6. The molecule has 4 heterocycles. The van der Waals surface area contributed by atoms with E-state index < -0.39 is 26.6 Å². The Labute approximate surface area is 251 Å². The van der Waals surface area contributed by atoms with E-state index in [9.17, 15) is 13.6 Å². The van der Waals surface area contributed by atoms with Crippen molar-refractivity contribution in [1.82, 2.24) is 24.4 Å². The molecule has 0 aliphatic carbocycles. The van der Waals surface area contributed by atoms with Crippen molar-refractivity contribution in [2.75, 3.05) is 7.05 Å². The summed E-state index contributed by atoms with van der Waals surface area (Å²) >= 11 is 0. The van der Waals surface area contributed by atoms with E-state index in [1.54, 1.807) is 36.5 Å². The Bertz CT molecular complexity index is 1730. The van der Waals surface area contributed by atoms with Crippen molar-refractivity contribution in [3.63, 3.8) is 0 Å². The van der Waals surface area contributed by atoms with Gasteiger partial charge < -0.3 is 18.6 Å². The van der Waals surface area contributed by atoms with Crippen LogP contribution in [0.2, 0.25) is 18.1 Å². The van der Waals surface area contributed by atoms with Crippen molar-refractivity contribution in [3.05, 3.63) is 71.6 Å². The van der Waals surface area contributed by atoms with E-state index in [2.05, 4.69) is 38.4 Å². The minimum absolute atomic E-state index is 0.0114. The highest BCUT2D eigenvalue weighted by molar-refractivity contribution is 6.74. The van der Waals surface area contributed by atoms with Crippen LogP contribution in [-0.2, 0) is 10.0 Å². The Morgan fingerprint density at radius 2 is 1.70 bits per heavy atom. The van der Waals surface area contributed by atoms with Crippen molar-refractivity contribution in [2.45, 2.75) is 83.5 Å². The van der Waals surface area contributed by atoms with Gasteiger partial charge in [0.2, 0.25) is 0 Å². The molecular formula is C32H37F2N5O3Si. The zero-order chi connectivity index (χ0) is 31.1. The predicted octanol–water partition coefficient (Wildman–Crippen LogP) is 7.47. The first-order valence-corrected chi connectivity index (χ1v) is 17.4. The monoisotopic (exact) mass is 605 g/mol. The number of amides is 1. The number of alkyl halides is 2. The Morgan fingerprint density at radius 3 is 2.35 bits per heavy atom. The molecule has 226 valence electrons. The molecule has 0 spiro atoms. The highest BCUT2D eigenvalue weighted by Gasteiger charge is 2.45. The molecule has 2 bridgehead atoms. The minimum atomic E-state index is -3.01. The molecule has 2 aliphatic heterocycles. The van der Waals surface area contributed by atoms with Gasteiger partial charge in [0.05, 0.1) is 23.1 Å². The number of imidazole rings is 1. The van der Waals surface area contributed by atoms with Crippen LogP contribution in [0.25, 0.3) is 22.2 Å². The Morgan fingerprint density at radius 1 is 1.00 bits per heavy atom. The SMILES string of the molecule is CN1C(=O)c2cccc(OC(F)F)c2C2CC1c1nc3ccc(-c4cnc(C(C)(C)O[Si](C)(C)C(C)(C)C)nc4)cc3n12. The van der Waals surface area contributed by atoms with Gasteiger partial charge in [0.15, 0.2) is 14.1 Å². The van der Waals surface area contributed by atoms with E-state index in [1.807, 2.05) is 32.0 Å². The third-order valence-corrected chi connectivity index (χ3v) is 13.9. The molecule has 11 heteroatoms. The standard InChI is InChI=1S/C32H37F2N5O3Si/c1-31(2,3)43(7,8)42-32(4,5)29-35-16-19(17-36-29)18-12-13-21-22(14-18)39-23-15-24(27(39)37-21)38(6)28(40)20-10-9-11-25(26(20)23)41-30(33)34/h9-14,16-17,23-24,30H,15H2,1-8H3. The maximum absolute atomic E-state index is 13.4. The zero-order valence-electron chi connectivity index (χ0n) is 25.8. The highest BCUT2D eigenvalue weighted by Crippen LogP contribution is 2.50. The molecule has 2 atom stereocenters. The molecule has 2 aromatic carbocycles. The minimum Gasteiger partial charge on any atom is -0.434 e. The molecule has 4 aromatic rings. The Hall–Kier alpha value is -3.70. The maximum atomic E-state index is 13.4. The number of hydrogen-bond donors (Lipinski definition) is 0.